The fourth-order valence-electron chi connectivity index (χ4n) is 1.61. The molecule has 2 N–H and O–H groups in total. The fourth-order valence-corrected chi connectivity index (χ4v) is 1.61. The first-order valence-corrected chi connectivity index (χ1v) is 6.05. The van der Waals surface area contributed by atoms with Crippen molar-refractivity contribution in [3.63, 3.8) is 0 Å². The van der Waals surface area contributed by atoms with E-state index < -0.39 is 0 Å². The van der Waals surface area contributed by atoms with Gasteiger partial charge in [-0.05, 0) is 20.4 Å². The second kappa shape index (κ2) is 7.19. The zero-order chi connectivity index (χ0) is 12.7. The molecule has 0 saturated heterocycles. The predicted molar refractivity (Wildman–Crippen MR) is 68.6 cm³/mol. The van der Waals surface area contributed by atoms with Crippen LogP contribution in [0.5, 0.6) is 0 Å². The molecule has 0 saturated carbocycles. The molecule has 0 fully saturated rings. The van der Waals surface area contributed by atoms with E-state index in [-0.39, 0.29) is 0 Å². The Kier molecular flexibility index (Phi) is 5.86. The molecule has 96 valence electrons. The standard InChI is InChI=1S/C12H22N4O/c1-4-16(6-7-17-5-2)9-12-14-10(3)8-11(13)15-12/h8H,4-7,9H2,1-3H3,(H2,13,14,15). The van der Waals surface area contributed by atoms with Crippen LogP contribution in [0.1, 0.15) is 25.4 Å². The Balaban J connectivity index is 2.54. The van der Waals surface area contributed by atoms with Crippen molar-refractivity contribution in [3.05, 3.63) is 17.6 Å². The average molecular weight is 238 g/mol. The second-order valence-corrected chi connectivity index (χ2v) is 3.92. The predicted octanol–water partition coefficient (Wildman–Crippen LogP) is 1.23. The zero-order valence-electron chi connectivity index (χ0n) is 10.9. The van der Waals surface area contributed by atoms with Crippen molar-refractivity contribution in [2.24, 2.45) is 0 Å². The van der Waals surface area contributed by atoms with Crippen LogP contribution >= 0.6 is 0 Å². The summed E-state index contributed by atoms with van der Waals surface area (Å²) in [4.78, 5) is 10.9. The molecule has 1 heterocycles. The summed E-state index contributed by atoms with van der Waals surface area (Å²) >= 11 is 0. The summed E-state index contributed by atoms with van der Waals surface area (Å²) in [6.45, 7) is 10.1. The first kappa shape index (κ1) is 13.9. The molecule has 0 amide bonds. The Morgan fingerprint density at radius 2 is 2.12 bits per heavy atom. The number of hydrogen-bond acceptors (Lipinski definition) is 5. The molecule has 0 atom stereocenters. The molecule has 5 nitrogen and oxygen atoms in total. The first-order chi connectivity index (χ1) is 8.15. The summed E-state index contributed by atoms with van der Waals surface area (Å²) < 4.78 is 5.34. The summed E-state index contributed by atoms with van der Waals surface area (Å²) in [5.74, 6) is 1.31. The number of nitrogens with zero attached hydrogens (tertiary/aromatic N) is 3. The van der Waals surface area contributed by atoms with Gasteiger partial charge in [-0.2, -0.15) is 0 Å². The maximum Gasteiger partial charge on any atom is 0.144 e. The third-order valence-corrected chi connectivity index (χ3v) is 2.49. The Bertz CT molecular complexity index is 323. The molecule has 0 spiro atoms. The Morgan fingerprint density at radius 3 is 2.71 bits per heavy atom. The van der Waals surface area contributed by atoms with E-state index in [4.69, 9.17) is 10.5 Å². The van der Waals surface area contributed by atoms with Crippen LogP contribution in [0.15, 0.2) is 6.07 Å². The van der Waals surface area contributed by atoms with E-state index in [1.807, 2.05) is 13.8 Å². The Morgan fingerprint density at radius 1 is 1.35 bits per heavy atom. The van der Waals surface area contributed by atoms with Gasteiger partial charge < -0.3 is 10.5 Å². The number of hydrogen-bond donors (Lipinski definition) is 1. The summed E-state index contributed by atoms with van der Waals surface area (Å²) in [5, 5.41) is 0. The van der Waals surface area contributed by atoms with Crippen molar-refractivity contribution < 1.29 is 4.74 Å². The SMILES string of the molecule is CCOCCN(CC)Cc1nc(C)cc(N)n1. The lowest BCUT2D eigenvalue weighted by Crippen LogP contribution is -2.28. The van der Waals surface area contributed by atoms with Gasteiger partial charge in [-0.1, -0.05) is 6.92 Å². The van der Waals surface area contributed by atoms with E-state index in [0.29, 0.717) is 5.82 Å². The number of anilines is 1. The number of nitrogens with two attached hydrogens (primary N) is 1. The quantitative estimate of drug-likeness (QED) is 0.724. The molecule has 0 unspecified atom stereocenters. The molecule has 5 heteroatoms. The van der Waals surface area contributed by atoms with Gasteiger partial charge in [0.15, 0.2) is 0 Å². The highest BCUT2D eigenvalue weighted by molar-refractivity contribution is 5.29. The highest BCUT2D eigenvalue weighted by atomic mass is 16.5. The van der Waals surface area contributed by atoms with Crippen LogP contribution in [0.4, 0.5) is 5.82 Å². The first-order valence-electron chi connectivity index (χ1n) is 6.05. The number of likely N-dealkylation sites (N-methyl/N-ethyl adjacent to an activating group) is 1. The largest absolute Gasteiger partial charge is 0.384 e. The molecule has 0 aliphatic rings. The van der Waals surface area contributed by atoms with Crippen LogP contribution in [0.25, 0.3) is 0 Å². The van der Waals surface area contributed by atoms with Crippen LogP contribution in [-0.2, 0) is 11.3 Å². The summed E-state index contributed by atoms with van der Waals surface area (Å²) in [6, 6.07) is 1.78. The van der Waals surface area contributed by atoms with Gasteiger partial charge >= 0.3 is 0 Å². The fraction of sp³-hybridized carbons (Fsp3) is 0.667. The smallest absolute Gasteiger partial charge is 0.144 e. The average Bonchev–Trinajstić information content (AvgIpc) is 2.26. The maximum atomic E-state index is 5.70. The minimum absolute atomic E-state index is 0.536. The van der Waals surface area contributed by atoms with Gasteiger partial charge in [0.05, 0.1) is 13.2 Å². The van der Waals surface area contributed by atoms with Crippen LogP contribution in [0.3, 0.4) is 0 Å². The molecule has 1 rings (SSSR count). The molecule has 0 aliphatic heterocycles. The monoisotopic (exact) mass is 238 g/mol. The lowest BCUT2D eigenvalue weighted by atomic mass is 10.4. The number of ether oxygens (including phenoxy) is 1. The van der Waals surface area contributed by atoms with Crippen LogP contribution < -0.4 is 5.73 Å². The third kappa shape index (κ3) is 5.10. The topological polar surface area (TPSA) is 64.3 Å². The second-order valence-electron chi connectivity index (χ2n) is 3.92. The molecular formula is C12H22N4O. The van der Waals surface area contributed by atoms with Crippen molar-refractivity contribution in [3.8, 4) is 0 Å². The van der Waals surface area contributed by atoms with Crippen LogP contribution in [0, 0.1) is 6.92 Å². The number of aromatic nitrogens is 2. The van der Waals surface area contributed by atoms with E-state index in [0.717, 1.165) is 44.4 Å². The summed E-state index contributed by atoms with van der Waals surface area (Å²) in [7, 11) is 0. The van der Waals surface area contributed by atoms with Crippen molar-refractivity contribution in [2.45, 2.75) is 27.3 Å². The van der Waals surface area contributed by atoms with Gasteiger partial charge in [-0.15, -0.1) is 0 Å². The number of nitrogen functional groups attached to an aromatic ring is 1. The van der Waals surface area contributed by atoms with Crippen molar-refractivity contribution in [2.75, 3.05) is 32.0 Å². The molecule has 0 bridgehead atoms. The van der Waals surface area contributed by atoms with Crippen LogP contribution in [0.2, 0.25) is 0 Å². The molecule has 1 aromatic rings. The molecule has 0 aromatic carbocycles. The third-order valence-electron chi connectivity index (χ3n) is 2.49. The molecule has 0 radical (unpaired) electrons. The Labute approximate surface area is 103 Å². The van der Waals surface area contributed by atoms with E-state index in [2.05, 4.69) is 21.8 Å². The van der Waals surface area contributed by atoms with Gasteiger partial charge in [0, 0.05) is 24.9 Å². The lowest BCUT2D eigenvalue weighted by Gasteiger charge is -2.19. The van der Waals surface area contributed by atoms with Gasteiger partial charge in [-0.25, -0.2) is 9.97 Å². The molecule has 17 heavy (non-hydrogen) atoms. The summed E-state index contributed by atoms with van der Waals surface area (Å²) in [6.07, 6.45) is 0. The minimum Gasteiger partial charge on any atom is -0.384 e. The normalized spacial score (nSPS) is 11.1. The minimum atomic E-state index is 0.536. The highest BCUT2D eigenvalue weighted by Gasteiger charge is 2.07. The molecule has 0 aliphatic carbocycles. The van der Waals surface area contributed by atoms with Crippen molar-refractivity contribution in [1.29, 1.82) is 0 Å². The van der Waals surface area contributed by atoms with Gasteiger partial charge in [0.2, 0.25) is 0 Å². The lowest BCUT2D eigenvalue weighted by molar-refractivity contribution is 0.112. The highest BCUT2D eigenvalue weighted by Crippen LogP contribution is 2.04. The van der Waals surface area contributed by atoms with E-state index in [9.17, 15) is 0 Å². The van der Waals surface area contributed by atoms with Gasteiger partial charge in [0.1, 0.15) is 11.6 Å². The molecule has 1 aromatic heterocycles. The van der Waals surface area contributed by atoms with Gasteiger partial charge in [-0.3, -0.25) is 4.90 Å². The molecular weight excluding hydrogens is 216 g/mol. The number of aryl methyl sites for hydroxylation is 1. The van der Waals surface area contributed by atoms with E-state index in [1.165, 1.54) is 0 Å². The van der Waals surface area contributed by atoms with E-state index >= 15 is 0 Å². The van der Waals surface area contributed by atoms with E-state index in [1.54, 1.807) is 6.07 Å². The maximum absolute atomic E-state index is 5.70. The Hall–Kier alpha value is -1.20. The number of rotatable bonds is 7. The summed E-state index contributed by atoms with van der Waals surface area (Å²) in [5.41, 5.74) is 6.61. The van der Waals surface area contributed by atoms with Crippen molar-refractivity contribution >= 4 is 5.82 Å². The van der Waals surface area contributed by atoms with Crippen molar-refractivity contribution in [1.82, 2.24) is 14.9 Å². The van der Waals surface area contributed by atoms with Crippen LogP contribution in [-0.4, -0.2) is 41.2 Å². The zero-order valence-corrected chi connectivity index (χ0v) is 10.9. The van der Waals surface area contributed by atoms with Gasteiger partial charge in [0.25, 0.3) is 0 Å².